The Morgan fingerprint density at radius 1 is 1.33 bits per heavy atom. The maximum Gasteiger partial charge on any atom is 0.274 e. The summed E-state index contributed by atoms with van der Waals surface area (Å²) in [6, 6.07) is 11.3. The van der Waals surface area contributed by atoms with Crippen molar-refractivity contribution in [1.29, 1.82) is 0 Å². The van der Waals surface area contributed by atoms with Crippen molar-refractivity contribution in [3.63, 3.8) is 0 Å². The summed E-state index contributed by atoms with van der Waals surface area (Å²) in [6.07, 6.45) is 0.554. The summed E-state index contributed by atoms with van der Waals surface area (Å²) in [5.74, 6) is 0.124. The minimum absolute atomic E-state index is 0.100. The Morgan fingerprint density at radius 3 is 2.67 bits per heavy atom. The Balaban J connectivity index is 1.75. The van der Waals surface area contributed by atoms with Crippen LogP contribution < -0.4 is 0 Å². The largest absolute Gasteiger partial charge is 0.336 e. The van der Waals surface area contributed by atoms with Crippen molar-refractivity contribution in [3.8, 4) is 0 Å². The zero-order valence-electron chi connectivity index (χ0n) is 13.8. The van der Waals surface area contributed by atoms with Gasteiger partial charge in [0.2, 0.25) is 0 Å². The van der Waals surface area contributed by atoms with Crippen LogP contribution in [0.1, 0.15) is 34.2 Å². The summed E-state index contributed by atoms with van der Waals surface area (Å²) in [6.45, 7) is 2.36. The SMILES string of the molecule is Cc1cc(C(=O)N(C)Cc2ccccc2)nn1C1CCS(=O)(=O)C1. The van der Waals surface area contributed by atoms with Crippen molar-refractivity contribution >= 4 is 15.7 Å². The van der Waals surface area contributed by atoms with E-state index in [2.05, 4.69) is 5.10 Å². The maximum atomic E-state index is 12.6. The quantitative estimate of drug-likeness (QED) is 0.846. The number of carbonyl (C=O) groups is 1. The van der Waals surface area contributed by atoms with E-state index in [4.69, 9.17) is 0 Å². The van der Waals surface area contributed by atoms with Gasteiger partial charge in [0.15, 0.2) is 15.5 Å². The number of benzene rings is 1. The van der Waals surface area contributed by atoms with Gasteiger partial charge in [0.05, 0.1) is 17.5 Å². The second kappa shape index (κ2) is 6.39. The highest BCUT2D eigenvalue weighted by Crippen LogP contribution is 2.25. The first-order chi connectivity index (χ1) is 11.4. The Kier molecular flexibility index (Phi) is 4.45. The van der Waals surface area contributed by atoms with Crippen LogP contribution in [0, 0.1) is 6.92 Å². The van der Waals surface area contributed by atoms with Crippen molar-refractivity contribution in [2.24, 2.45) is 0 Å². The third kappa shape index (κ3) is 3.51. The van der Waals surface area contributed by atoms with Crippen molar-refractivity contribution in [2.75, 3.05) is 18.6 Å². The summed E-state index contributed by atoms with van der Waals surface area (Å²) in [5.41, 5.74) is 2.22. The molecule has 0 aliphatic carbocycles. The predicted molar refractivity (Wildman–Crippen MR) is 91.5 cm³/mol. The lowest BCUT2D eigenvalue weighted by Gasteiger charge is -2.16. The molecule has 1 aromatic carbocycles. The van der Waals surface area contributed by atoms with E-state index in [9.17, 15) is 13.2 Å². The molecule has 1 aromatic heterocycles. The second-order valence-electron chi connectivity index (χ2n) is 6.32. The molecule has 0 bridgehead atoms. The molecular weight excluding hydrogens is 326 g/mol. The molecule has 2 heterocycles. The Hall–Kier alpha value is -2.15. The minimum atomic E-state index is -2.98. The number of amides is 1. The zero-order chi connectivity index (χ0) is 17.3. The van der Waals surface area contributed by atoms with Gasteiger partial charge in [-0.2, -0.15) is 5.10 Å². The summed E-state index contributed by atoms with van der Waals surface area (Å²) < 4.78 is 25.0. The van der Waals surface area contributed by atoms with Crippen molar-refractivity contribution in [2.45, 2.75) is 25.9 Å². The first kappa shape index (κ1) is 16.7. The second-order valence-corrected chi connectivity index (χ2v) is 8.55. The van der Waals surface area contributed by atoms with Crippen molar-refractivity contribution in [1.82, 2.24) is 14.7 Å². The smallest absolute Gasteiger partial charge is 0.274 e. The molecule has 0 spiro atoms. The molecule has 2 aromatic rings. The summed E-state index contributed by atoms with van der Waals surface area (Å²) in [5, 5.41) is 4.38. The van der Waals surface area contributed by atoms with Crippen LogP contribution >= 0.6 is 0 Å². The molecule has 24 heavy (non-hydrogen) atoms. The summed E-state index contributed by atoms with van der Waals surface area (Å²) in [4.78, 5) is 14.2. The van der Waals surface area contributed by atoms with Crippen LogP contribution in [-0.4, -0.2) is 47.6 Å². The zero-order valence-corrected chi connectivity index (χ0v) is 14.7. The first-order valence-electron chi connectivity index (χ1n) is 7.92. The fourth-order valence-corrected chi connectivity index (χ4v) is 4.75. The highest BCUT2D eigenvalue weighted by atomic mass is 32.2. The van der Waals surface area contributed by atoms with E-state index in [1.165, 1.54) is 0 Å². The molecule has 3 rings (SSSR count). The van der Waals surface area contributed by atoms with Crippen molar-refractivity contribution in [3.05, 3.63) is 53.3 Å². The van der Waals surface area contributed by atoms with E-state index in [0.29, 0.717) is 18.7 Å². The molecule has 1 aliphatic rings. The van der Waals surface area contributed by atoms with Gasteiger partial charge in [-0.25, -0.2) is 8.42 Å². The molecule has 1 amide bonds. The van der Waals surface area contributed by atoms with E-state index in [-0.39, 0.29) is 23.5 Å². The third-order valence-corrected chi connectivity index (χ3v) is 6.06. The summed E-state index contributed by atoms with van der Waals surface area (Å²) >= 11 is 0. The number of aromatic nitrogens is 2. The lowest BCUT2D eigenvalue weighted by molar-refractivity contribution is 0.0778. The number of hydrogen-bond acceptors (Lipinski definition) is 4. The van der Waals surface area contributed by atoms with Crippen LogP contribution in [0.15, 0.2) is 36.4 Å². The molecule has 0 radical (unpaired) electrons. The first-order valence-corrected chi connectivity index (χ1v) is 9.74. The van der Waals surface area contributed by atoms with Gasteiger partial charge < -0.3 is 4.90 Å². The van der Waals surface area contributed by atoms with Crippen LogP contribution in [0.25, 0.3) is 0 Å². The molecule has 0 saturated carbocycles. The third-order valence-electron chi connectivity index (χ3n) is 4.31. The van der Waals surface area contributed by atoms with E-state index >= 15 is 0 Å². The van der Waals surface area contributed by atoms with Crippen LogP contribution in [0.5, 0.6) is 0 Å². The van der Waals surface area contributed by atoms with E-state index in [0.717, 1.165) is 11.3 Å². The average Bonchev–Trinajstić information content (AvgIpc) is 3.10. The topological polar surface area (TPSA) is 72.3 Å². The van der Waals surface area contributed by atoms with Crippen LogP contribution in [0.3, 0.4) is 0 Å². The van der Waals surface area contributed by atoms with Gasteiger partial charge >= 0.3 is 0 Å². The van der Waals surface area contributed by atoms with Gasteiger partial charge in [0.1, 0.15) is 0 Å². The Bertz CT molecular complexity index is 843. The average molecular weight is 347 g/mol. The number of sulfone groups is 1. The molecule has 1 aliphatic heterocycles. The highest BCUT2D eigenvalue weighted by molar-refractivity contribution is 7.91. The lowest BCUT2D eigenvalue weighted by atomic mass is 10.2. The number of carbonyl (C=O) groups excluding carboxylic acids is 1. The number of hydrogen-bond donors (Lipinski definition) is 0. The van der Waals surface area contributed by atoms with Gasteiger partial charge in [-0.3, -0.25) is 9.48 Å². The minimum Gasteiger partial charge on any atom is -0.336 e. The van der Waals surface area contributed by atoms with Crippen molar-refractivity contribution < 1.29 is 13.2 Å². The molecular formula is C17H21N3O3S. The standard InChI is InChI=1S/C17H21N3O3S/c1-13-10-16(18-20(13)15-8-9-24(22,23)12-15)17(21)19(2)11-14-6-4-3-5-7-14/h3-7,10,15H,8-9,11-12H2,1-2H3. The van der Waals surface area contributed by atoms with Gasteiger partial charge in [0, 0.05) is 19.3 Å². The normalized spacial score (nSPS) is 19.3. The van der Waals surface area contributed by atoms with Gasteiger partial charge in [0.25, 0.3) is 5.91 Å². The number of aryl methyl sites for hydroxylation is 1. The molecule has 1 saturated heterocycles. The summed E-state index contributed by atoms with van der Waals surface area (Å²) in [7, 11) is -1.24. The fourth-order valence-electron chi connectivity index (χ4n) is 3.05. The van der Waals surface area contributed by atoms with Gasteiger partial charge in [-0.15, -0.1) is 0 Å². The Morgan fingerprint density at radius 2 is 2.04 bits per heavy atom. The monoisotopic (exact) mass is 347 g/mol. The van der Waals surface area contributed by atoms with E-state index < -0.39 is 9.84 Å². The number of rotatable bonds is 4. The van der Waals surface area contributed by atoms with E-state index in [1.807, 2.05) is 37.3 Å². The number of nitrogens with zero attached hydrogens (tertiary/aromatic N) is 3. The van der Waals surface area contributed by atoms with Gasteiger partial charge in [-0.1, -0.05) is 30.3 Å². The van der Waals surface area contributed by atoms with Gasteiger partial charge in [-0.05, 0) is 25.0 Å². The molecule has 128 valence electrons. The highest BCUT2D eigenvalue weighted by Gasteiger charge is 2.31. The van der Waals surface area contributed by atoms with Crippen LogP contribution in [-0.2, 0) is 16.4 Å². The van der Waals surface area contributed by atoms with Crippen LogP contribution in [0.4, 0.5) is 0 Å². The molecule has 6 nitrogen and oxygen atoms in total. The molecule has 0 N–H and O–H groups in total. The lowest BCUT2D eigenvalue weighted by Crippen LogP contribution is -2.27. The molecule has 7 heteroatoms. The van der Waals surface area contributed by atoms with E-state index in [1.54, 1.807) is 22.7 Å². The predicted octanol–water partition coefficient (Wildman–Crippen LogP) is 1.82. The molecule has 1 fully saturated rings. The fraction of sp³-hybridized carbons (Fsp3) is 0.412. The van der Waals surface area contributed by atoms with Crippen LogP contribution in [0.2, 0.25) is 0 Å². The molecule has 1 atom stereocenters. The maximum absolute atomic E-state index is 12.6. The molecule has 1 unspecified atom stereocenters. The Labute approximate surface area is 142 Å².